The summed E-state index contributed by atoms with van der Waals surface area (Å²) in [5, 5.41) is 2.40. The van der Waals surface area contributed by atoms with Gasteiger partial charge in [0.2, 0.25) is 0 Å². The second kappa shape index (κ2) is 6.94. The molecule has 2 aromatic rings. The summed E-state index contributed by atoms with van der Waals surface area (Å²) in [7, 11) is 0. The molecule has 4 nitrogen and oxygen atoms in total. The van der Waals surface area contributed by atoms with Crippen molar-refractivity contribution in [3.05, 3.63) is 45.3 Å². The second-order valence-corrected chi connectivity index (χ2v) is 8.42. The van der Waals surface area contributed by atoms with Crippen LogP contribution in [0.15, 0.2) is 30.3 Å². The zero-order valence-corrected chi connectivity index (χ0v) is 17.3. The van der Waals surface area contributed by atoms with E-state index in [0.717, 1.165) is 15.8 Å². The molecule has 0 fully saturated rings. The summed E-state index contributed by atoms with van der Waals surface area (Å²) in [4.78, 5) is 18.4. The Balaban J connectivity index is 1.80. The van der Waals surface area contributed by atoms with Gasteiger partial charge in [0, 0.05) is 24.2 Å². The Morgan fingerprint density at radius 1 is 1.28 bits per heavy atom. The minimum absolute atomic E-state index is 0.238. The van der Waals surface area contributed by atoms with Crippen molar-refractivity contribution in [3.63, 3.8) is 0 Å². The highest BCUT2D eigenvalue weighted by molar-refractivity contribution is 14.1. The highest BCUT2D eigenvalue weighted by Gasteiger charge is 2.23. The Morgan fingerprint density at radius 3 is 2.68 bits per heavy atom. The van der Waals surface area contributed by atoms with Gasteiger partial charge in [0.1, 0.15) is 9.30 Å². The van der Waals surface area contributed by atoms with Crippen LogP contribution in [-0.4, -0.2) is 34.7 Å². The average Bonchev–Trinajstić information content (AvgIpc) is 2.52. The Labute approximate surface area is 162 Å². The maximum Gasteiger partial charge on any atom is 0.410 e. The van der Waals surface area contributed by atoms with Crippen LogP contribution in [-0.2, 0) is 4.74 Å². The molecule has 132 valence electrons. The van der Waals surface area contributed by atoms with E-state index in [1.54, 1.807) is 4.90 Å². The van der Waals surface area contributed by atoms with Crippen LogP contribution < -0.4 is 0 Å². The van der Waals surface area contributed by atoms with Gasteiger partial charge in [-0.2, -0.15) is 0 Å². The molecular weight excluding hydrogens is 427 g/mol. The van der Waals surface area contributed by atoms with E-state index in [-0.39, 0.29) is 6.09 Å². The molecule has 0 saturated carbocycles. The maximum atomic E-state index is 12.2. The number of carbonyl (C=O) groups excluding carboxylic acids is 1. The van der Waals surface area contributed by atoms with Gasteiger partial charge in [-0.05, 0) is 85.4 Å². The third-order valence-electron chi connectivity index (χ3n) is 4.14. The van der Waals surface area contributed by atoms with Crippen molar-refractivity contribution in [2.45, 2.75) is 39.7 Å². The lowest BCUT2D eigenvalue weighted by atomic mass is 9.97. The van der Waals surface area contributed by atoms with E-state index in [0.29, 0.717) is 13.1 Å². The van der Waals surface area contributed by atoms with E-state index >= 15 is 0 Å². The van der Waals surface area contributed by atoms with Gasteiger partial charge in [-0.25, -0.2) is 9.78 Å². The first-order valence-corrected chi connectivity index (χ1v) is 9.55. The molecule has 0 saturated heterocycles. The molecule has 0 spiro atoms. The maximum absolute atomic E-state index is 12.2. The van der Waals surface area contributed by atoms with Crippen LogP contribution >= 0.6 is 22.6 Å². The molecule has 0 atom stereocenters. The highest BCUT2D eigenvalue weighted by Crippen LogP contribution is 2.28. The molecular formula is C20H23IN2O2. The van der Waals surface area contributed by atoms with Crippen LogP contribution in [0.3, 0.4) is 0 Å². The lowest BCUT2D eigenvalue weighted by Crippen LogP contribution is -2.39. The quantitative estimate of drug-likeness (QED) is 0.445. The van der Waals surface area contributed by atoms with Gasteiger partial charge in [0.25, 0.3) is 0 Å². The van der Waals surface area contributed by atoms with Gasteiger partial charge in [0.15, 0.2) is 0 Å². The average molecular weight is 450 g/mol. The normalized spacial score (nSPS) is 15.2. The molecule has 1 aliphatic rings. The van der Waals surface area contributed by atoms with Crippen molar-refractivity contribution in [3.8, 4) is 0 Å². The lowest BCUT2D eigenvalue weighted by Gasteiger charge is -2.29. The van der Waals surface area contributed by atoms with Crippen molar-refractivity contribution < 1.29 is 9.53 Å². The molecule has 0 bridgehead atoms. The predicted octanol–water partition coefficient (Wildman–Crippen LogP) is 5.17. The Morgan fingerprint density at radius 2 is 2.04 bits per heavy atom. The van der Waals surface area contributed by atoms with Gasteiger partial charge in [-0.3, -0.25) is 0 Å². The van der Waals surface area contributed by atoms with Crippen molar-refractivity contribution >= 4 is 45.0 Å². The molecule has 1 aromatic carbocycles. The van der Waals surface area contributed by atoms with E-state index in [9.17, 15) is 4.79 Å². The molecule has 0 radical (unpaired) electrons. The van der Waals surface area contributed by atoms with Crippen molar-refractivity contribution in [1.82, 2.24) is 9.88 Å². The molecule has 1 aliphatic heterocycles. The third-order valence-corrected chi connectivity index (χ3v) is 4.97. The molecule has 1 aromatic heterocycles. The molecule has 3 rings (SSSR count). The van der Waals surface area contributed by atoms with Crippen LogP contribution in [0.25, 0.3) is 16.3 Å². The Bertz CT molecular complexity index is 853. The molecule has 0 unspecified atom stereocenters. The summed E-state index contributed by atoms with van der Waals surface area (Å²) < 4.78 is 6.49. The van der Waals surface area contributed by atoms with Crippen molar-refractivity contribution in [2.75, 3.05) is 13.1 Å². The van der Waals surface area contributed by atoms with Crippen LogP contribution in [0.5, 0.6) is 0 Å². The largest absolute Gasteiger partial charge is 0.444 e. The number of ether oxygens (including phenoxy) is 1. The highest BCUT2D eigenvalue weighted by atomic mass is 127. The summed E-state index contributed by atoms with van der Waals surface area (Å²) in [6.07, 6.45) is 2.73. The number of carbonyl (C=O) groups is 1. The zero-order valence-electron chi connectivity index (χ0n) is 15.1. The van der Waals surface area contributed by atoms with E-state index in [2.05, 4.69) is 57.9 Å². The molecule has 5 heteroatoms. The van der Waals surface area contributed by atoms with Crippen LogP contribution in [0.4, 0.5) is 4.79 Å². The number of hydrogen-bond donors (Lipinski definition) is 0. The third kappa shape index (κ3) is 4.32. The first kappa shape index (κ1) is 18.2. The summed E-state index contributed by atoms with van der Waals surface area (Å²) >= 11 is 2.29. The smallest absolute Gasteiger partial charge is 0.410 e. The molecule has 2 heterocycles. The molecule has 0 N–H and O–H groups in total. The zero-order chi connectivity index (χ0) is 18.2. The number of nitrogens with zero attached hydrogens (tertiary/aromatic N) is 2. The summed E-state index contributed by atoms with van der Waals surface area (Å²) in [6.45, 7) is 8.98. The first-order chi connectivity index (χ1) is 11.7. The van der Waals surface area contributed by atoms with E-state index in [4.69, 9.17) is 4.74 Å². The van der Waals surface area contributed by atoms with Crippen molar-refractivity contribution in [1.29, 1.82) is 0 Å². The second-order valence-electron chi connectivity index (χ2n) is 7.40. The first-order valence-electron chi connectivity index (χ1n) is 8.47. The summed E-state index contributed by atoms with van der Waals surface area (Å²) in [5.41, 5.74) is 3.08. The van der Waals surface area contributed by atoms with Gasteiger partial charge < -0.3 is 9.64 Å². The van der Waals surface area contributed by atoms with Crippen LogP contribution in [0.2, 0.25) is 0 Å². The molecule has 25 heavy (non-hydrogen) atoms. The Kier molecular flexibility index (Phi) is 5.04. The van der Waals surface area contributed by atoms with Gasteiger partial charge in [-0.15, -0.1) is 0 Å². The van der Waals surface area contributed by atoms with Gasteiger partial charge >= 0.3 is 6.09 Å². The fourth-order valence-electron chi connectivity index (χ4n) is 2.97. The van der Waals surface area contributed by atoms with Crippen LogP contribution in [0.1, 0.15) is 38.4 Å². The standard InChI is InChI=1S/C20H23IN2O2/c1-13-11-16-12-15(5-6-17(16)18(21)22-13)14-7-9-23(10-8-14)19(24)25-20(2,3)4/h5-7,11-12H,8-10H2,1-4H3. The number of rotatable bonds is 1. The number of halogens is 1. The van der Waals surface area contributed by atoms with Crippen molar-refractivity contribution in [2.24, 2.45) is 0 Å². The number of aromatic nitrogens is 1. The lowest BCUT2D eigenvalue weighted by molar-refractivity contribution is 0.0270. The van der Waals surface area contributed by atoms with E-state index in [1.165, 1.54) is 21.9 Å². The summed E-state index contributed by atoms with van der Waals surface area (Å²) in [6, 6.07) is 8.63. The number of benzene rings is 1. The van der Waals surface area contributed by atoms with Gasteiger partial charge in [0.05, 0.1) is 0 Å². The molecule has 0 aliphatic carbocycles. The summed E-state index contributed by atoms with van der Waals surface area (Å²) in [5.74, 6) is 0. The SMILES string of the molecule is Cc1cc2cc(C3=CCN(C(=O)OC(C)(C)C)CC3)ccc2c(I)n1. The Hall–Kier alpha value is -1.63. The minimum Gasteiger partial charge on any atom is -0.444 e. The van der Waals surface area contributed by atoms with E-state index in [1.807, 2.05) is 27.7 Å². The van der Waals surface area contributed by atoms with Crippen LogP contribution in [0, 0.1) is 10.6 Å². The monoisotopic (exact) mass is 450 g/mol. The fourth-order valence-corrected chi connectivity index (χ4v) is 3.84. The number of amides is 1. The number of pyridine rings is 1. The van der Waals surface area contributed by atoms with E-state index < -0.39 is 5.60 Å². The number of aryl methyl sites for hydroxylation is 1. The minimum atomic E-state index is -0.456. The molecule has 1 amide bonds. The number of hydrogen-bond acceptors (Lipinski definition) is 3. The topological polar surface area (TPSA) is 42.4 Å². The number of fused-ring (bicyclic) bond motifs is 1. The fraction of sp³-hybridized carbons (Fsp3) is 0.400. The van der Waals surface area contributed by atoms with Gasteiger partial charge in [-0.1, -0.05) is 18.2 Å². The predicted molar refractivity (Wildman–Crippen MR) is 110 cm³/mol.